The van der Waals surface area contributed by atoms with Gasteiger partial charge in [-0.1, -0.05) is 48.5 Å². The molecule has 0 atom stereocenters. The smallest absolute Gasteiger partial charge is 0.338 e. The molecule has 0 spiro atoms. The molecule has 0 aliphatic rings. The van der Waals surface area contributed by atoms with Crippen molar-refractivity contribution in [3.05, 3.63) is 95.3 Å². The average Bonchev–Trinajstić information content (AvgIpc) is 3.19. The van der Waals surface area contributed by atoms with Crippen LogP contribution in [-0.2, 0) is 29.1 Å². The van der Waals surface area contributed by atoms with Gasteiger partial charge in [0.15, 0.2) is 0 Å². The predicted octanol–water partition coefficient (Wildman–Crippen LogP) is 3.97. The monoisotopic (exact) mass is 392 g/mol. The lowest BCUT2D eigenvalue weighted by Crippen LogP contribution is -2.28. The summed E-state index contributed by atoms with van der Waals surface area (Å²) in [5, 5.41) is 0. The zero-order valence-electron chi connectivity index (χ0n) is 17.1. The molecule has 3 aromatic rings. The highest BCUT2D eigenvalue weighted by Gasteiger charge is 2.16. The molecule has 0 radical (unpaired) electrons. The van der Waals surface area contributed by atoms with Crippen molar-refractivity contribution in [2.24, 2.45) is 0 Å². The molecule has 29 heavy (non-hydrogen) atoms. The van der Waals surface area contributed by atoms with Gasteiger partial charge in [0.1, 0.15) is 0 Å². The van der Waals surface area contributed by atoms with Crippen LogP contribution in [0, 0.1) is 0 Å². The van der Waals surface area contributed by atoms with Crippen LogP contribution in [0.4, 0.5) is 0 Å². The average molecular weight is 392 g/mol. The van der Waals surface area contributed by atoms with Crippen molar-refractivity contribution >= 4 is 5.97 Å². The molecule has 0 saturated heterocycles. The Kier molecular flexibility index (Phi) is 7.61. The number of hydrogen-bond donors (Lipinski definition) is 0. The number of carbonyl (C=O) groups is 1. The van der Waals surface area contributed by atoms with Crippen LogP contribution in [0.1, 0.15) is 27.2 Å². The second-order valence-electron chi connectivity index (χ2n) is 6.97. The third-order valence-corrected chi connectivity index (χ3v) is 4.93. The summed E-state index contributed by atoms with van der Waals surface area (Å²) in [4.78, 5) is 14.4. The zero-order valence-corrected chi connectivity index (χ0v) is 17.1. The molecule has 0 fully saturated rings. The van der Waals surface area contributed by atoms with Gasteiger partial charge in [-0.3, -0.25) is 4.90 Å². The van der Waals surface area contributed by atoms with Gasteiger partial charge in [-0.2, -0.15) is 0 Å². The number of nitrogens with zero attached hydrogens (tertiary/aromatic N) is 2. The molecule has 1 heterocycles. The number of hydrogen-bond acceptors (Lipinski definition) is 4. The van der Waals surface area contributed by atoms with Crippen molar-refractivity contribution in [2.75, 3.05) is 27.4 Å². The number of aromatic nitrogens is 1. The highest BCUT2D eigenvalue weighted by Crippen LogP contribution is 2.16. The lowest BCUT2D eigenvalue weighted by Gasteiger charge is -2.24. The van der Waals surface area contributed by atoms with Crippen molar-refractivity contribution in [2.45, 2.75) is 19.6 Å². The van der Waals surface area contributed by atoms with Crippen LogP contribution in [0.15, 0.2) is 72.9 Å². The van der Waals surface area contributed by atoms with Gasteiger partial charge in [-0.05, 0) is 29.3 Å². The van der Waals surface area contributed by atoms with Crippen LogP contribution in [0.25, 0.3) is 0 Å². The largest absolute Gasteiger partial charge is 0.465 e. The Hall–Kier alpha value is -2.89. The van der Waals surface area contributed by atoms with Gasteiger partial charge < -0.3 is 14.0 Å². The topological polar surface area (TPSA) is 43.7 Å². The molecule has 0 N–H and O–H groups in total. The van der Waals surface area contributed by atoms with Crippen LogP contribution in [0.5, 0.6) is 0 Å². The van der Waals surface area contributed by atoms with Crippen molar-refractivity contribution in [1.82, 2.24) is 9.47 Å². The lowest BCUT2D eigenvalue weighted by atomic mass is 10.1. The molecule has 0 aliphatic heterocycles. The van der Waals surface area contributed by atoms with Crippen molar-refractivity contribution in [1.29, 1.82) is 0 Å². The summed E-state index contributed by atoms with van der Waals surface area (Å²) >= 11 is 0. The predicted molar refractivity (Wildman–Crippen MR) is 114 cm³/mol. The molecule has 2 aromatic carbocycles. The summed E-state index contributed by atoms with van der Waals surface area (Å²) in [7, 11) is 3.12. The Labute approximate surface area is 172 Å². The second-order valence-corrected chi connectivity index (χ2v) is 6.97. The van der Waals surface area contributed by atoms with E-state index in [2.05, 4.69) is 52.1 Å². The summed E-state index contributed by atoms with van der Waals surface area (Å²) in [5.74, 6) is -0.306. The molecule has 0 aliphatic carbocycles. The first-order valence-electron chi connectivity index (χ1n) is 9.76. The van der Waals surface area contributed by atoms with Crippen LogP contribution < -0.4 is 0 Å². The van der Waals surface area contributed by atoms with Crippen LogP contribution in [0.3, 0.4) is 0 Å². The number of methoxy groups -OCH3 is 2. The van der Waals surface area contributed by atoms with Crippen LogP contribution >= 0.6 is 0 Å². The van der Waals surface area contributed by atoms with E-state index >= 15 is 0 Å². The maximum Gasteiger partial charge on any atom is 0.338 e. The first-order chi connectivity index (χ1) is 14.2. The van der Waals surface area contributed by atoms with E-state index in [1.165, 1.54) is 18.4 Å². The Morgan fingerprint density at radius 2 is 1.69 bits per heavy atom. The Balaban J connectivity index is 1.77. The van der Waals surface area contributed by atoms with E-state index in [1.54, 1.807) is 7.11 Å². The van der Waals surface area contributed by atoms with E-state index in [0.29, 0.717) is 18.7 Å². The fourth-order valence-corrected chi connectivity index (χ4v) is 3.40. The van der Waals surface area contributed by atoms with Gasteiger partial charge in [0, 0.05) is 45.2 Å². The van der Waals surface area contributed by atoms with E-state index in [-0.39, 0.29) is 5.97 Å². The van der Waals surface area contributed by atoms with Gasteiger partial charge in [0.2, 0.25) is 0 Å². The molecule has 1 aromatic heterocycles. The summed E-state index contributed by atoms with van der Waals surface area (Å²) in [5.41, 5.74) is 4.05. The van der Waals surface area contributed by atoms with Crippen molar-refractivity contribution < 1.29 is 14.3 Å². The SMILES string of the molecule is COCCN(Cc1ccccc1C(=O)OC)Cc1cccn1Cc1ccccc1. The van der Waals surface area contributed by atoms with E-state index in [9.17, 15) is 4.79 Å². The molecule has 0 saturated carbocycles. The van der Waals surface area contributed by atoms with Gasteiger partial charge in [0.05, 0.1) is 19.3 Å². The van der Waals surface area contributed by atoms with Gasteiger partial charge in [-0.15, -0.1) is 0 Å². The minimum absolute atomic E-state index is 0.306. The molecule has 3 rings (SSSR count). The molecule has 152 valence electrons. The van der Waals surface area contributed by atoms with E-state index in [0.717, 1.165) is 25.2 Å². The normalized spacial score (nSPS) is 11.0. The summed E-state index contributed by atoms with van der Waals surface area (Å²) < 4.78 is 12.5. The minimum Gasteiger partial charge on any atom is -0.465 e. The standard InChI is InChI=1S/C24H28N2O3/c1-28-16-15-25(18-21-11-6-7-13-23(21)24(27)29-2)19-22-12-8-14-26(22)17-20-9-4-3-5-10-20/h3-14H,15-19H2,1-2H3. The van der Waals surface area contributed by atoms with Crippen LogP contribution in [-0.4, -0.2) is 42.8 Å². The molecule has 0 amide bonds. The fraction of sp³-hybridized carbons (Fsp3) is 0.292. The van der Waals surface area contributed by atoms with Gasteiger partial charge >= 0.3 is 5.97 Å². The molecular weight excluding hydrogens is 364 g/mol. The third-order valence-electron chi connectivity index (χ3n) is 4.93. The number of esters is 1. The Morgan fingerprint density at radius 3 is 2.45 bits per heavy atom. The summed E-state index contributed by atoms with van der Waals surface area (Å²) in [6.45, 7) is 3.63. The van der Waals surface area contributed by atoms with Crippen molar-refractivity contribution in [3.63, 3.8) is 0 Å². The number of ether oxygens (including phenoxy) is 2. The van der Waals surface area contributed by atoms with Crippen LogP contribution in [0.2, 0.25) is 0 Å². The first-order valence-corrected chi connectivity index (χ1v) is 9.76. The number of rotatable bonds is 10. The molecule has 0 unspecified atom stereocenters. The first kappa shape index (κ1) is 20.8. The van der Waals surface area contributed by atoms with E-state index in [1.807, 2.05) is 30.3 Å². The van der Waals surface area contributed by atoms with E-state index < -0.39 is 0 Å². The van der Waals surface area contributed by atoms with Gasteiger partial charge in [-0.25, -0.2) is 4.79 Å². The highest BCUT2D eigenvalue weighted by atomic mass is 16.5. The third kappa shape index (κ3) is 5.79. The quantitative estimate of drug-likeness (QED) is 0.490. The Morgan fingerprint density at radius 1 is 0.931 bits per heavy atom. The number of carbonyl (C=O) groups excluding carboxylic acids is 1. The lowest BCUT2D eigenvalue weighted by molar-refractivity contribution is 0.0597. The maximum absolute atomic E-state index is 12.1. The van der Waals surface area contributed by atoms with Gasteiger partial charge in [0.25, 0.3) is 0 Å². The molecule has 5 nitrogen and oxygen atoms in total. The molecular formula is C24H28N2O3. The minimum atomic E-state index is -0.306. The highest BCUT2D eigenvalue weighted by molar-refractivity contribution is 5.90. The van der Waals surface area contributed by atoms with Crippen molar-refractivity contribution in [3.8, 4) is 0 Å². The van der Waals surface area contributed by atoms with E-state index in [4.69, 9.17) is 9.47 Å². The maximum atomic E-state index is 12.1. The summed E-state index contributed by atoms with van der Waals surface area (Å²) in [6.07, 6.45) is 2.11. The fourth-order valence-electron chi connectivity index (χ4n) is 3.40. The zero-order chi connectivity index (χ0) is 20.5. The number of benzene rings is 2. The molecule has 0 bridgehead atoms. The second kappa shape index (κ2) is 10.6. The Bertz CT molecular complexity index is 905. The molecule has 5 heteroatoms. The summed E-state index contributed by atoms with van der Waals surface area (Å²) in [6, 6.07) is 22.3.